The molecule has 0 aliphatic carbocycles. The Morgan fingerprint density at radius 1 is 0.933 bits per heavy atom. The molecule has 7 nitrogen and oxygen atoms in total. The van der Waals surface area contributed by atoms with Crippen LogP contribution in [0.3, 0.4) is 0 Å². The topological polar surface area (TPSA) is 88.7 Å². The molecule has 3 N–H and O–H groups in total. The van der Waals surface area contributed by atoms with Crippen molar-refractivity contribution >= 4 is 29.1 Å². The maximum absolute atomic E-state index is 12.3. The standard InChI is InChI=1S/C22H27N3O4S/c1-3-4-5-8-15-29-17-13-11-16(12-14-17)20(26)24-25-22(30)23-21(27)18-9-6-7-10-19(18)28-2/h6-7,9-14H,3-5,8,15H2,1-2H3,(H,24,26)(H2,23,25,27,30). The molecule has 0 saturated carbocycles. The number of para-hydroxylation sites is 1. The maximum atomic E-state index is 12.3. The van der Waals surface area contributed by atoms with Gasteiger partial charge in [0.1, 0.15) is 11.5 Å². The lowest BCUT2D eigenvalue weighted by molar-refractivity contribution is 0.0934. The zero-order chi connectivity index (χ0) is 21.8. The third-order valence-corrected chi connectivity index (χ3v) is 4.46. The predicted octanol–water partition coefficient (Wildman–Crippen LogP) is 3.60. The van der Waals surface area contributed by atoms with E-state index in [4.69, 9.17) is 21.7 Å². The van der Waals surface area contributed by atoms with E-state index in [2.05, 4.69) is 23.1 Å². The smallest absolute Gasteiger partial charge is 0.269 e. The summed E-state index contributed by atoms with van der Waals surface area (Å²) in [5.74, 6) is 0.308. The number of methoxy groups -OCH3 is 1. The molecule has 0 aliphatic heterocycles. The van der Waals surface area contributed by atoms with Crippen LogP contribution in [0.15, 0.2) is 48.5 Å². The zero-order valence-corrected chi connectivity index (χ0v) is 18.0. The first kappa shape index (κ1) is 23.2. The lowest BCUT2D eigenvalue weighted by Gasteiger charge is -2.12. The number of hydrazine groups is 1. The van der Waals surface area contributed by atoms with Crippen LogP contribution in [0.25, 0.3) is 0 Å². The van der Waals surface area contributed by atoms with E-state index in [9.17, 15) is 9.59 Å². The fourth-order valence-corrected chi connectivity index (χ4v) is 2.78. The average molecular weight is 430 g/mol. The van der Waals surface area contributed by atoms with Gasteiger partial charge in [-0.25, -0.2) is 0 Å². The highest BCUT2D eigenvalue weighted by Crippen LogP contribution is 2.16. The molecule has 0 spiro atoms. The number of amides is 2. The molecule has 8 heteroatoms. The van der Waals surface area contributed by atoms with E-state index >= 15 is 0 Å². The number of benzene rings is 2. The van der Waals surface area contributed by atoms with Gasteiger partial charge < -0.3 is 9.47 Å². The second-order valence-corrected chi connectivity index (χ2v) is 6.90. The molecule has 0 saturated heterocycles. The summed E-state index contributed by atoms with van der Waals surface area (Å²) in [5, 5.41) is 2.46. The first-order chi connectivity index (χ1) is 14.5. The first-order valence-corrected chi connectivity index (χ1v) is 10.2. The number of ether oxygens (including phenoxy) is 2. The van der Waals surface area contributed by atoms with Gasteiger partial charge in [-0.2, -0.15) is 0 Å². The summed E-state index contributed by atoms with van der Waals surface area (Å²) in [6.07, 6.45) is 4.55. The van der Waals surface area contributed by atoms with Gasteiger partial charge in [0.25, 0.3) is 11.8 Å². The Morgan fingerprint density at radius 3 is 2.37 bits per heavy atom. The number of hydrogen-bond donors (Lipinski definition) is 3. The van der Waals surface area contributed by atoms with Crippen molar-refractivity contribution in [1.29, 1.82) is 0 Å². The number of rotatable bonds is 9. The van der Waals surface area contributed by atoms with Crippen LogP contribution < -0.4 is 25.6 Å². The van der Waals surface area contributed by atoms with E-state index in [1.54, 1.807) is 48.5 Å². The van der Waals surface area contributed by atoms with Crippen LogP contribution in [-0.4, -0.2) is 30.6 Å². The summed E-state index contributed by atoms with van der Waals surface area (Å²) in [7, 11) is 1.48. The summed E-state index contributed by atoms with van der Waals surface area (Å²) in [5.41, 5.74) is 5.73. The first-order valence-electron chi connectivity index (χ1n) is 9.82. The quantitative estimate of drug-likeness (QED) is 0.321. The van der Waals surface area contributed by atoms with Gasteiger partial charge >= 0.3 is 0 Å². The number of carbonyl (C=O) groups excluding carboxylic acids is 2. The molecular weight excluding hydrogens is 402 g/mol. The highest BCUT2D eigenvalue weighted by molar-refractivity contribution is 7.80. The molecule has 2 aromatic rings. The van der Waals surface area contributed by atoms with Crippen LogP contribution in [0.4, 0.5) is 0 Å². The average Bonchev–Trinajstić information content (AvgIpc) is 2.77. The second kappa shape index (κ2) is 12.4. The van der Waals surface area contributed by atoms with E-state index in [1.807, 2.05) is 0 Å². The van der Waals surface area contributed by atoms with Crippen LogP contribution in [0.5, 0.6) is 11.5 Å². The monoisotopic (exact) mass is 429 g/mol. The molecule has 0 radical (unpaired) electrons. The number of unbranched alkanes of at least 4 members (excludes halogenated alkanes) is 3. The van der Waals surface area contributed by atoms with Crippen LogP contribution >= 0.6 is 12.2 Å². The van der Waals surface area contributed by atoms with E-state index in [0.29, 0.717) is 23.5 Å². The Balaban J connectivity index is 1.78. The minimum absolute atomic E-state index is 0.0358. The second-order valence-electron chi connectivity index (χ2n) is 6.50. The van der Waals surface area contributed by atoms with Crippen molar-refractivity contribution in [2.75, 3.05) is 13.7 Å². The summed E-state index contributed by atoms with van der Waals surface area (Å²) >= 11 is 5.06. The molecule has 2 amide bonds. The largest absolute Gasteiger partial charge is 0.496 e. The molecule has 0 aromatic heterocycles. The fraction of sp³-hybridized carbons (Fsp3) is 0.318. The van der Waals surface area contributed by atoms with Crippen molar-refractivity contribution < 1.29 is 19.1 Å². The van der Waals surface area contributed by atoms with Crippen LogP contribution in [-0.2, 0) is 0 Å². The molecule has 0 atom stereocenters. The zero-order valence-electron chi connectivity index (χ0n) is 17.2. The summed E-state index contributed by atoms with van der Waals surface area (Å²) < 4.78 is 10.8. The molecule has 0 fully saturated rings. The maximum Gasteiger partial charge on any atom is 0.269 e. The van der Waals surface area contributed by atoms with Crippen molar-refractivity contribution in [3.63, 3.8) is 0 Å². The summed E-state index contributed by atoms with van der Waals surface area (Å²) in [6, 6.07) is 13.6. The lowest BCUT2D eigenvalue weighted by Crippen LogP contribution is -2.48. The van der Waals surface area contributed by atoms with Gasteiger partial charge in [0.05, 0.1) is 19.3 Å². The minimum atomic E-state index is -0.445. The van der Waals surface area contributed by atoms with Gasteiger partial charge in [0.2, 0.25) is 0 Å². The molecule has 0 bridgehead atoms. The Labute approximate surface area is 182 Å². The molecule has 30 heavy (non-hydrogen) atoms. The molecule has 2 rings (SSSR count). The summed E-state index contributed by atoms with van der Waals surface area (Å²) in [4.78, 5) is 24.5. The number of hydrogen-bond acceptors (Lipinski definition) is 5. The van der Waals surface area contributed by atoms with Gasteiger partial charge in [0.15, 0.2) is 5.11 Å². The highest BCUT2D eigenvalue weighted by atomic mass is 32.1. The van der Waals surface area contributed by atoms with Gasteiger partial charge in [-0.15, -0.1) is 0 Å². The lowest BCUT2D eigenvalue weighted by atomic mass is 10.2. The molecule has 0 unspecified atom stereocenters. The van der Waals surface area contributed by atoms with Crippen molar-refractivity contribution in [2.24, 2.45) is 0 Å². The van der Waals surface area contributed by atoms with Gasteiger partial charge in [-0.05, 0) is 55.0 Å². The third kappa shape index (κ3) is 7.36. The van der Waals surface area contributed by atoms with Crippen molar-refractivity contribution in [3.8, 4) is 11.5 Å². The third-order valence-electron chi connectivity index (χ3n) is 4.25. The SMILES string of the molecule is CCCCCCOc1ccc(C(=O)NNC(=S)NC(=O)c2ccccc2OC)cc1. The Morgan fingerprint density at radius 2 is 1.67 bits per heavy atom. The van der Waals surface area contributed by atoms with E-state index in [1.165, 1.54) is 20.0 Å². The Kier molecular flexibility index (Phi) is 9.60. The molecule has 0 aliphatic rings. The van der Waals surface area contributed by atoms with E-state index < -0.39 is 11.8 Å². The molecule has 2 aromatic carbocycles. The molecular formula is C22H27N3O4S. The Bertz CT molecular complexity index is 856. The summed E-state index contributed by atoms with van der Waals surface area (Å²) in [6.45, 7) is 2.83. The van der Waals surface area contributed by atoms with Crippen molar-refractivity contribution in [3.05, 3.63) is 59.7 Å². The molecule has 0 heterocycles. The molecule has 160 valence electrons. The number of carbonyl (C=O) groups is 2. The van der Waals surface area contributed by atoms with Crippen LogP contribution in [0.2, 0.25) is 0 Å². The van der Waals surface area contributed by atoms with Gasteiger partial charge in [-0.3, -0.25) is 25.8 Å². The van der Waals surface area contributed by atoms with Crippen molar-refractivity contribution in [1.82, 2.24) is 16.2 Å². The number of nitrogens with one attached hydrogen (secondary N) is 3. The van der Waals surface area contributed by atoms with E-state index in [0.717, 1.165) is 18.6 Å². The van der Waals surface area contributed by atoms with Gasteiger partial charge in [-0.1, -0.05) is 38.3 Å². The Hall–Kier alpha value is -3.13. The normalized spacial score (nSPS) is 10.1. The van der Waals surface area contributed by atoms with Gasteiger partial charge in [0, 0.05) is 5.56 Å². The van der Waals surface area contributed by atoms with Crippen LogP contribution in [0, 0.1) is 0 Å². The predicted molar refractivity (Wildman–Crippen MR) is 120 cm³/mol. The minimum Gasteiger partial charge on any atom is -0.496 e. The number of thiocarbonyl (C=S) groups is 1. The fourth-order valence-electron chi connectivity index (χ4n) is 2.64. The van der Waals surface area contributed by atoms with Crippen molar-refractivity contribution in [2.45, 2.75) is 32.6 Å². The van der Waals surface area contributed by atoms with Crippen LogP contribution in [0.1, 0.15) is 53.3 Å². The van der Waals surface area contributed by atoms with E-state index in [-0.39, 0.29) is 5.11 Å². The highest BCUT2D eigenvalue weighted by Gasteiger charge is 2.13.